The van der Waals surface area contributed by atoms with Crippen LogP contribution in [-0.4, -0.2) is 24.8 Å². The Morgan fingerprint density at radius 2 is 2.00 bits per heavy atom. The highest BCUT2D eigenvalue weighted by molar-refractivity contribution is 4.84. The Morgan fingerprint density at radius 3 is 2.64 bits per heavy atom. The zero-order valence-electron chi connectivity index (χ0n) is 6.92. The van der Waals surface area contributed by atoms with Crippen LogP contribution in [0.25, 0.3) is 0 Å². The van der Waals surface area contributed by atoms with Crippen LogP contribution < -0.4 is 5.32 Å². The van der Waals surface area contributed by atoms with E-state index < -0.39 is 0 Å². The maximum absolute atomic E-state index is 8.50. The number of nitrogens with one attached hydrogen (secondary N) is 1. The van der Waals surface area contributed by atoms with Gasteiger partial charge in [-0.15, -0.1) is 0 Å². The fourth-order valence-electron chi connectivity index (χ4n) is 1.48. The smallest absolute Gasteiger partial charge is 0.0612 e. The van der Waals surface area contributed by atoms with E-state index in [1.54, 1.807) is 0 Å². The van der Waals surface area contributed by atoms with Crippen LogP contribution in [0.4, 0.5) is 0 Å². The molecular formula is C9H17NO. The third kappa shape index (κ3) is 3.54. The van der Waals surface area contributed by atoms with E-state index in [0.717, 1.165) is 25.4 Å². The first-order valence-corrected chi connectivity index (χ1v) is 4.40. The van der Waals surface area contributed by atoms with Crippen LogP contribution in [0, 0.1) is 5.92 Å². The van der Waals surface area contributed by atoms with Gasteiger partial charge in [-0.2, -0.15) is 0 Å². The topological polar surface area (TPSA) is 32.3 Å². The van der Waals surface area contributed by atoms with Crippen molar-refractivity contribution in [3.8, 4) is 0 Å². The molecule has 0 radical (unpaired) electrons. The molecule has 11 heavy (non-hydrogen) atoms. The zero-order chi connectivity index (χ0) is 7.94. The SMILES string of the molecule is OC/C=C\CC1CCNCC1. The largest absolute Gasteiger partial charge is 0.392 e. The molecule has 0 bridgehead atoms. The number of hydrogen-bond acceptors (Lipinski definition) is 2. The molecular weight excluding hydrogens is 138 g/mol. The number of aliphatic hydroxyl groups excluding tert-OH is 1. The highest BCUT2D eigenvalue weighted by Gasteiger charge is 2.10. The van der Waals surface area contributed by atoms with Crippen molar-refractivity contribution in [3.63, 3.8) is 0 Å². The summed E-state index contributed by atoms with van der Waals surface area (Å²) in [6, 6.07) is 0. The average molecular weight is 155 g/mol. The average Bonchev–Trinajstić information content (AvgIpc) is 2.07. The van der Waals surface area contributed by atoms with Gasteiger partial charge in [0.05, 0.1) is 6.61 Å². The van der Waals surface area contributed by atoms with Crippen molar-refractivity contribution >= 4 is 0 Å². The second kappa shape index (κ2) is 5.33. The van der Waals surface area contributed by atoms with Gasteiger partial charge in [-0.1, -0.05) is 12.2 Å². The number of aliphatic hydroxyl groups is 1. The van der Waals surface area contributed by atoms with Crippen LogP contribution >= 0.6 is 0 Å². The minimum atomic E-state index is 0.185. The molecule has 0 unspecified atom stereocenters. The summed E-state index contributed by atoms with van der Waals surface area (Å²) in [6.07, 6.45) is 7.64. The summed E-state index contributed by atoms with van der Waals surface area (Å²) < 4.78 is 0. The highest BCUT2D eigenvalue weighted by atomic mass is 16.2. The Balaban J connectivity index is 2.09. The molecule has 1 saturated heterocycles. The standard InChI is InChI=1S/C9H17NO/c11-8-2-1-3-9-4-6-10-7-5-9/h1-2,9-11H,3-8H2/b2-1-. The molecule has 2 N–H and O–H groups in total. The summed E-state index contributed by atoms with van der Waals surface area (Å²) in [6.45, 7) is 2.51. The molecule has 2 nitrogen and oxygen atoms in total. The van der Waals surface area contributed by atoms with E-state index >= 15 is 0 Å². The summed E-state index contributed by atoms with van der Waals surface area (Å²) in [4.78, 5) is 0. The summed E-state index contributed by atoms with van der Waals surface area (Å²) in [5.41, 5.74) is 0. The second-order valence-electron chi connectivity index (χ2n) is 3.08. The van der Waals surface area contributed by atoms with Crippen LogP contribution in [0.5, 0.6) is 0 Å². The lowest BCUT2D eigenvalue weighted by Gasteiger charge is -2.20. The van der Waals surface area contributed by atoms with Crippen LogP contribution in [0.2, 0.25) is 0 Å². The predicted octanol–water partition coefficient (Wildman–Crippen LogP) is 0.925. The van der Waals surface area contributed by atoms with Crippen LogP contribution in [0.3, 0.4) is 0 Å². The van der Waals surface area contributed by atoms with Gasteiger partial charge in [0.15, 0.2) is 0 Å². The number of piperidine rings is 1. The molecule has 0 spiro atoms. The fourth-order valence-corrected chi connectivity index (χ4v) is 1.48. The first kappa shape index (κ1) is 8.75. The van der Waals surface area contributed by atoms with E-state index in [9.17, 15) is 0 Å². The van der Waals surface area contributed by atoms with Crippen LogP contribution in [-0.2, 0) is 0 Å². The van der Waals surface area contributed by atoms with Gasteiger partial charge < -0.3 is 10.4 Å². The Morgan fingerprint density at radius 1 is 1.27 bits per heavy atom. The lowest BCUT2D eigenvalue weighted by atomic mass is 9.95. The number of hydrogen-bond donors (Lipinski definition) is 2. The van der Waals surface area contributed by atoms with Gasteiger partial charge in [-0.3, -0.25) is 0 Å². The van der Waals surface area contributed by atoms with Crippen molar-refractivity contribution in [1.29, 1.82) is 0 Å². The van der Waals surface area contributed by atoms with E-state index in [1.165, 1.54) is 12.8 Å². The van der Waals surface area contributed by atoms with Crippen molar-refractivity contribution in [2.45, 2.75) is 19.3 Å². The number of allylic oxidation sites excluding steroid dienone is 1. The molecule has 0 atom stereocenters. The predicted molar refractivity (Wildman–Crippen MR) is 46.4 cm³/mol. The van der Waals surface area contributed by atoms with Crippen molar-refractivity contribution in [3.05, 3.63) is 12.2 Å². The molecule has 0 aliphatic carbocycles. The van der Waals surface area contributed by atoms with Crippen molar-refractivity contribution in [2.75, 3.05) is 19.7 Å². The zero-order valence-corrected chi connectivity index (χ0v) is 6.92. The molecule has 1 rings (SSSR count). The lowest BCUT2D eigenvalue weighted by Crippen LogP contribution is -2.27. The summed E-state index contributed by atoms with van der Waals surface area (Å²) in [5.74, 6) is 0.846. The van der Waals surface area contributed by atoms with Gasteiger partial charge in [-0.05, 0) is 38.3 Å². The van der Waals surface area contributed by atoms with E-state index in [4.69, 9.17) is 5.11 Å². The van der Waals surface area contributed by atoms with E-state index in [-0.39, 0.29) is 6.61 Å². The van der Waals surface area contributed by atoms with E-state index in [2.05, 4.69) is 11.4 Å². The maximum atomic E-state index is 8.50. The first-order chi connectivity index (χ1) is 5.43. The van der Waals surface area contributed by atoms with Gasteiger partial charge in [0.1, 0.15) is 0 Å². The summed E-state index contributed by atoms with van der Waals surface area (Å²) in [5, 5.41) is 11.8. The molecule has 0 saturated carbocycles. The molecule has 2 heteroatoms. The second-order valence-corrected chi connectivity index (χ2v) is 3.08. The molecule has 0 aromatic rings. The highest BCUT2D eigenvalue weighted by Crippen LogP contribution is 2.15. The Labute approximate surface area is 68.3 Å². The molecule has 1 aliphatic heterocycles. The molecule has 1 heterocycles. The lowest BCUT2D eigenvalue weighted by molar-refractivity contribution is 0.340. The minimum Gasteiger partial charge on any atom is -0.392 e. The third-order valence-corrected chi connectivity index (χ3v) is 2.20. The first-order valence-electron chi connectivity index (χ1n) is 4.40. The van der Waals surface area contributed by atoms with Gasteiger partial charge >= 0.3 is 0 Å². The monoisotopic (exact) mass is 155 g/mol. The van der Waals surface area contributed by atoms with Gasteiger partial charge in [-0.25, -0.2) is 0 Å². The quantitative estimate of drug-likeness (QED) is 0.594. The molecule has 0 amide bonds. The van der Waals surface area contributed by atoms with Crippen LogP contribution in [0.15, 0.2) is 12.2 Å². The van der Waals surface area contributed by atoms with Gasteiger partial charge in [0.25, 0.3) is 0 Å². The summed E-state index contributed by atoms with van der Waals surface area (Å²) in [7, 11) is 0. The fraction of sp³-hybridized carbons (Fsp3) is 0.778. The molecule has 64 valence electrons. The van der Waals surface area contributed by atoms with E-state index in [0.29, 0.717) is 0 Å². The van der Waals surface area contributed by atoms with E-state index in [1.807, 2.05) is 6.08 Å². The Bertz CT molecular complexity index is 117. The van der Waals surface area contributed by atoms with Crippen LogP contribution in [0.1, 0.15) is 19.3 Å². The van der Waals surface area contributed by atoms with Gasteiger partial charge in [0.2, 0.25) is 0 Å². The molecule has 1 fully saturated rings. The third-order valence-electron chi connectivity index (χ3n) is 2.20. The molecule has 0 aromatic carbocycles. The van der Waals surface area contributed by atoms with Crippen molar-refractivity contribution in [1.82, 2.24) is 5.32 Å². The normalized spacial score (nSPS) is 21.2. The number of rotatable bonds is 3. The minimum absolute atomic E-state index is 0.185. The Kier molecular flexibility index (Phi) is 4.24. The summed E-state index contributed by atoms with van der Waals surface area (Å²) >= 11 is 0. The van der Waals surface area contributed by atoms with Gasteiger partial charge in [0, 0.05) is 0 Å². The van der Waals surface area contributed by atoms with Crippen molar-refractivity contribution < 1.29 is 5.11 Å². The molecule has 0 aromatic heterocycles. The maximum Gasteiger partial charge on any atom is 0.0612 e. The molecule has 1 aliphatic rings. The van der Waals surface area contributed by atoms with Crippen molar-refractivity contribution in [2.24, 2.45) is 5.92 Å². The Hall–Kier alpha value is -0.340.